The lowest BCUT2D eigenvalue weighted by Gasteiger charge is -2.42. The minimum absolute atomic E-state index is 0.110. The van der Waals surface area contributed by atoms with Crippen molar-refractivity contribution in [2.75, 3.05) is 4.90 Å². The first-order chi connectivity index (χ1) is 20.6. The average molecular weight is 537 g/mol. The number of nitriles is 1. The summed E-state index contributed by atoms with van der Waals surface area (Å²) in [5.41, 5.74) is 16.0. The van der Waals surface area contributed by atoms with Crippen LogP contribution in [0.1, 0.15) is 30.5 Å². The van der Waals surface area contributed by atoms with Crippen LogP contribution < -0.4 is 4.90 Å². The monoisotopic (exact) mass is 536 g/mol. The van der Waals surface area contributed by atoms with E-state index in [0.717, 1.165) is 22.4 Å². The van der Waals surface area contributed by atoms with Crippen LogP contribution in [-0.4, -0.2) is 0 Å². The van der Waals surface area contributed by atoms with Gasteiger partial charge in [0.05, 0.1) is 23.0 Å². The van der Waals surface area contributed by atoms with Gasteiger partial charge in [-0.15, -0.1) is 0 Å². The van der Waals surface area contributed by atoms with Gasteiger partial charge in [0.1, 0.15) is 0 Å². The van der Waals surface area contributed by atoms with Crippen LogP contribution in [0.5, 0.6) is 0 Å². The van der Waals surface area contributed by atoms with Crippen molar-refractivity contribution in [3.05, 3.63) is 150 Å². The fourth-order valence-corrected chi connectivity index (χ4v) is 7.05. The van der Waals surface area contributed by atoms with E-state index in [1.807, 2.05) is 12.1 Å². The average Bonchev–Trinajstić information content (AvgIpc) is 3.04. The van der Waals surface area contributed by atoms with Crippen molar-refractivity contribution in [3.63, 3.8) is 0 Å². The Labute approximate surface area is 246 Å². The molecule has 0 aromatic heterocycles. The number of fused-ring (bicyclic) bond motifs is 10. The third-order valence-electron chi connectivity index (χ3n) is 9.06. The molecule has 2 aliphatic rings. The zero-order valence-electron chi connectivity index (χ0n) is 23.6. The van der Waals surface area contributed by atoms with E-state index in [9.17, 15) is 5.26 Å². The Balaban J connectivity index is 1.44. The fraction of sp³-hybridized carbons (Fsp3) is 0.0750. The second-order valence-electron chi connectivity index (χ2n) is 11.7. The van der Waals surface area contributed by atoms with Crippen LogP contribution >= 0.6 is 0 Å². The molecular formula is C40H28N2. The predicted octanol–water partition coefficient (Wildman–Crippen LogP) is 10.6. The molecule has 6 aromatic rings. The molecule has 8 rings (SSSR count). The number of para-hydroxylation sites is 2. The van der Waals surface area contributed by atoms with E-state index < -0.39 is 0 Å². The third kappa shape index (κ3) is 3.44. The van der Waals surface area contributed by atoms with Gasteiger partial charge in [0.25, 0.3) is 0 Å². The molecule has 198 valence electrons. The topological polar surface area (TPSA) is 27.0 Å². The van der Waals surface area contributed by atoms with Gasteiger partial charge in [-0.1, -0.05) is 111 Å². The molecule has 42 heavy (non-hydrogen) atoms. The number of anilines is 3. The molecule has 6 aromatic carbocycles. The van der Waals surface area contributed by atoms with Gasteiger partial charge in [-0.3, -0.25) is 0 Å². The van der Waals surface area contributed by atoms with Crippen LogP contribution in [0.4, 0.5) is 17.1 Å². The van der Waals surface area contributed by atoms with Crippen molar-refractivity contribution < 1.29 is 0 Å². The summed E-state index contributed by atoms with van der Waals surface area (Å²) >= 11 is 0. The second kappa shape index (κ2) is 9.06. The van der Waals surface area contributed by atoms with Crippen LogP contribution in [0.15, 0.2) is 133 Å². The molecule has 0 radical (unpaired) electrons. The number of hydrogen-bond acceptors (Lipinski definition) is 2. The molecule has 0 N–H and O–H groups in total. The molecule has 2 nitrogen and oxygen atoms in total. The number of rotatable bonds is 1. The van der Waals surface area contributed by atoms with E-state index in [0.29, 0.717) is 5.56 Å². The van der Waals surface area contributed by atoms with E-state index >= 15 is 0 Å². The van der Waals surface area contributed by atoms with Crippen molar-refractivity contribution in [2.45, 2.75) is 19.3 Å². The standard InChI is InChI=1S/C40H28N2/c1-40(2)36-15-7-9-17-38(36)42(39-18-10-8-16-37(39)40)27-20-22-33-29-12-4-3-11-28(29)32-21-19-26(25-41)23-34(32)30-13-5-6-14-31(30)35(33)24-27/h3-24H,1-2H3. The van der Waals surface area contributed by atoms with Crippen molar-refractivity contribution in [1.29, 1.82) is 5.26 Å². The molecule has 0 atom stereocenters. The maximum Gasteiger partial charge on any atom is 0.0991 e. The Morgan fingerprint density at radius 3 is 1.45 bits per heavy atom. The summed E-state index contributed by atoms with van der Waals surface area (Å²) in [6, 6.07) is 50.2. The Morgan fingerprint density at radius 1 is 0.476 bits per heavy atom. The van der Waals surface area contributed by atoms with Crippen LogP contribution in [-0.2, 0) is 5.41 Å². The lowest BCUT2D eigenvalue weighted by atomic mass is 9.73. The molecule has 0 saturated heterocycles. The van der Waals surface area contributed by atoms with Gasteiger partial charge in [-0.25, -0.2) is 0 Å². The van der Waals surface area contributed by atoms with Gasteiger partial charge >= 0.3 is 0 Å². The number of hydrogen-bond donors (Lipinski definition) is 0. The van der Waals surface area contributed by atoms with Gasteiger partial charge in [0.2, 0.25) is 0 Å². The molecule has 1 aliphatic carbocycles. The summed E-state index contributed by atoms with van der Waals surface area (Å²) in [4.78, 5) is 2.42. The van der Waals surface area contributed by atoms with E-state index in [1.165, 1.54) is 50.3 Å². The minimum Gasteiger partial charge on any atom is -0.310 e. The summed E-state index contributed by atoms with van der Waals surface area (Å²) < 4.78 is 0. The van der Waals surface area contributed by atoms with Gasteiger partial charge in [0, 0.05) is 11.1 Å². The number of nitrogens with zero attached hydrogens (tertiary/aromatic N) is 2. The molecule has 0 fully saturated rings. The number of benzene rings is 6. The SMILES string of the molecule is CC1(C)c2ccccc2N(c2ccc3c(c2)-c2ccccc2-c2cc(C#N)ccc2-c2ccccc2-3)c2ccccc21. The molecule has 0 amide bonds. The molecular weight excluding hydrogens is 508 g/mol. The molecule has 0 spiro atoms. The lowest BCUT2D eigenvalue weighted by Crippen LogP contribution is -2.30. The third-order valence-corrected chi connectivity index (χ3v) is 9.06. The normalized spacial score (nSPS) is 13.6. The largest absolute Gasteiger partial charge is 0.310 e. The summed E-state index contributed by atoms with van der Waals surface area (Å²) in [6.45, 7) is 4.64. The minimum atomic E-state index is -0.110. The summed E-state index contributed by atoms with van der Waals surface area (Å²) in [5, 5.41) is 9.79. The van der Waals surface area contributed by atoms with Gasteiger partial charge < -0.3 is 4.90 Å². The van der Waals surface area contributed by atoms with Crippen molar-refractivity contribution >= 4 is 17.1 Å². The molecule has 0 unspecified atom stereocenters. The lowest BCUT2D eigenvalue weighted by molar-refractivity contribution is 0.632. The summed E-state index contributed by atoms with van der Waals surface area (Å²) in [5.74, 6) is 0. The molecule has 2 heteroatoms. The Kier molecular flexibility index (Phi) is 5.27. The van der Waals surface area contributed by atoms with Crippen LogP contribution in [0.3, 0.4) is 0 Å². The predicted molar refractivity (Wildman–Crippen MR) is 173 cm³/mol. The second-order valence-corrected chi connectivity index (χ2v) is 11.7. The Hall–Kier alpha value is -5.39. The maximum atomic E-state index is 9.79. The van der Waals surface area contributed by atoms with Crippen molar-refractivity contribution in [3.8, 4) is 50.6 Å². The summed E-state index contributed by atoms with van der Waals surface area (Å²) in [6.07, 6.45) is 0. The van der Waals surface area contributed by atoms with Gasteiger partial charge in [-0.05, 0) is 92.0 Å². The smallest absolute Gasteiger partial charge is 0.0991 e. The Morgan fingerprint density at radius 2 is 0.905 bits per heavy atom. The maximum absolute atomic E-state index is 9.79. The van der Waals surface area contributed by atoms with Crippen molar-refractivity contribution in [2.24, 2.45) is 0 Å². The first-order valence-electron chi connectivity index (χ1n) is 14.4. The highest BCUT2D eigenvalue weighted by molar-refractivity contribution is 6.04. The molecule has 0 bridgehead atoms. The quantitative estimate of drug-likeness (QED) is 0.209. The van der Waals surface area contributed by atoms with Gasteiger partial charge in [0.15, 0.2) is 0 Å². The highest BCUT2D eigenvalue weighted by Gasteiger charge is 2.36. The molecule has 1 heterocycles. The summed E-state index contributed by atoms with van der Waals surface area (Å²) in [7, 11) is 0. The zero-order chi connectivity index (χ0) is 28.4. The van der Waals surface area contributed by atoms with Crippen LogP contribution in [0, 0.1) is 11.3 Å². The van der Waals surface area contributed by atoms with Crippen molar-refractivity contribution in [1.82, 2.24) is 0 Å². The fourth-order valence-electron chi connectivity index (χ4n) is 7.05. The first kappa shape index (κ1) is 24.4. The van der Waals surface area contributed by atoms with Crippen LogP contribution in [0.25, 0.3) is 44.5 Å². The van der Waals surface area contributed by atoms with E-state index in [2.05, 4.69) is 146 Å². The van der Waals surface area contributed by atoms with E-state index in [4.69, 9.17) is 0 Å². The zero-order valence-corrected chi connectivity index (χ0v) is 23.6. The molecule has 1 aliphatic heterocycles. The van der Waals surface area contributed by atoms with E-state index in [1.54, 1.807) is 0 Å². The highest BCUT2D eigenvalue weighted by Crippen LogP contribution is 2.54. The first-order valence-corrected chi connectivity index (χ1v) is 14.4. The highest BCUT2D eigenvalue weighted by atomic mass is 15.2. The Bertz CT molecular complexity index is 2040. The van der Waals surface area contributed by atoms with E-state index in [-0.39, 0.29) is 5.41 Å². The van der Waals surface area contributed by atoms with Crippen LogP contribution in [0.2, 0.25) is 0 Å². The molecule has 0 saturated carbocycles. The van der Waals surface area contributed by atoms with Gasteiger partial charge in [-0.2, -0.15) is 5.26 Å².